The molecule has 3 heteroatoms. The largest absolute Gasteiger partial charge is 0.462 e. The summed E-state index contributed by atoms with van der Waals surface area (Å²) in [6, 6.07) is 0. The first-order valence-electron chi connectivity index (χ1n) is 7.75. The van der Waals surface area contributed by atoms with Gasteiger partial charge in [0.05, 0.1) is 6.42 Å². The van der Waals surface area contributed by atoms with Crippen LogP contribution in [0, 0.1) is 17.3 Å². The molecule has 0 spiro atoms. The number of esters is 1. The topological polar surface area (TPSA) is 43.4 Å². The first kappa shape index (κ1) is 19.1. The molecule has 0 heterocycles. The zero-order chi connectivity index (χ0) is 15.9. The first-order chi connectivity index (χ1) is 9.02. The number of rotatable bonds is 8. The van der Waals surface area contributed by atoms with Gasteiger partial charge in [-0.15, -0.1) is 0 Å². The quantitative estimate of drug-likeness (QED) is 0.621. The molecular weight excluding hydrogens is 252 g/mol. The van der Waals surface area contributed by atoms with Gasteiger partial charge in [-0.05, 0) is 24.7 Å². The molecule has 0 fully saturated rings. The van der Waals surface area contributed by atoms with Crippen LogP contribution in [0.5, 0.6) is 0 Å². The molecular formula is C17H32O3. The third kappa shape index (κ3) is 9.11. The second kappa shape index (κ2) is 8.43. The summed E-state index contributed by atoms with van der Waals surface area (Å²) < 4.78 is 5.54. The number of hydrogen-bond donors (Lipinski definition) is 0. The van der Waals surface area contributed by atoms with Gasteiger partial charge in [0.15, 0.2) is 0 Å². The molecule has 0 aromatic carbocycles. The molecule has 0 aliphatic rings. The highest BCUT2D eigenvalue weighted by Gasteiger charge is 2.23. The van der Waals surface area contributed by atoms with Gasteiger partial charge in [-0.2, -0.15) is 0 Å². The molecule has 0 saturated carbocycles. The first-order valence-corrected chi connectivity index (χ1v) is 7.75. The van der Waals surface area contributed by atoms with Crippen molar-refractivity contribution in [3.8, 4) is 0 Å². The molecule has 3 nitrogen and oxygen atoms in total. The SMILES string of the molecule is CC(C)CC(CC(C)C)OC(=O)CCC(=O)C(C)(C)C. The monoisotopic (exact) mass is 284 g/mol. The molecule has 0 N–H and O–H groups in total. The van der Waals surface area contributed by atoms with Crippen molar-refractivity contribution in [2.75, 3.05) is 0 Å². The van der Waals surface area contributed by atoms with Crippen molar-refractivity contribution in [3.05, 3.63) is 0 Å². The molecule has 0 unspecified atom stereocenters. The Bertz CT molecular complexity index is 301. The summed E-state index contributed by atoms with van der Waals surface area (Å²) in [6.45, 7) is 14.1. The Labute approximate surface area is 124 Å². The summed E-state index contributed by atoms with van der Waals surface area (Å²) in [6.07, 6.45) is 2.22. The summed E-state index contributed by atoms with van der Waals surface area (Å²) >= 11 is 0. The molecule has 0 aromatic heterocycles. The molecule has 0 aromatic rings. The van der Waals surface area contributed by atoms with E-state index >= 15 is 0 Å². The molecule has 0 rings (SSSR count). The van der Waals surface area contributed by atoms with Crippen LogP contribution in [0.25, 0.3) is 0 Å². The molecule has 0 aliphatic carbocycles. The molecule has 0 radical (unpaired) electrons. The zero-order valence-electron chi connectivity index (χ0n) is 14.3. The van der Waals surface area contributed by atoms with Crippen LogP contribution in [0.2, 0.25) is 0 Å². The van der Waals surface area contributed by atoms with E-state index in [0.717, 1.165) is 12.8 Å². The van der Waals surface area contributed by atoms with Crippen molar-refractivity contribution in [2.24, 2.45) is 17.3 Å². The summed E-state index contributed by atoms with van der Waals surface area (Å²) in [5.41, 5.74) is -0.379. The smallest absolute Gasteiger partial charge is 0.306 e. The molecule has 118 valence electrons. The van der Waals surface area contributed by atoms with Gasteiger partial charge in [0.1, 0.15) is 11.9 Å². The van der Waals surface area contributed by atoms with E-state index < -0.39 is 0 Å². The average Bonchev–Trinajstić information content (AvgIpc) is 2.22. The summed E-state index contributed by atoms with van der Waals surface area (Å²) in [5.74, 6) is 0.873. The van der Waals surface area contributed by atoms with Crippen LogP contribution in [0.1, 0.15) is 74.1 Å². The maximum absolute atomic E-state index is 11.9. The van der Waals surface area contributed by atoms with Crippen molar-refractivity contribution in [2.45, 2.75) is 80.3 Å². The Hall–Kier alpha value is -0.860. The van der Waals surface area contributed by atoms with E-state index in [1.54, 1.807) is 0 Å². The fourth-order valence-electron chi connectivity index (χ4n) is 2.08. The minimum absolute atomic E-state index is 0.0211. The van der Waals surface area contributed by atoms with Crippen molar-refractivity contribution < 1.29 is 14.3 Å². The predicted molar refractivity (Wildman–Crippen MR) is 82.5 cm³/mol. The van der Waals surface area contributed by atoms with Crippen LogP contribution in [0.4, 0.5) is 0 Å². The maximum Gasteiger partial charge on any atom is 0.306 e. The lowest BCUT2D eigenvalue weighted by Crippen LogP contribution is -2.24. The Morgan fingerprint density at radius 3 is 1.70 bits per heavy atom. The van der Waals surface area contributed by atoms with E-state index in [1.807, 2.05) is 20.8 Å². The van der Waals surface area contributed by atoms with E-state index in [0.29, 0.717) is 11.8 Å². The minimum Gasteiger partial charge on any atom is -0.462 e. The maximum atomic E-state index is 11.9. The second-order valence-corrected chi connectivity index (χ2v) is 7.54. The number of ether oxygens (including phenoxy) is 1. The fourth-order valence-corrected chi connectivity index (χ4v) is 2.08. The van der Waals surface area contributed by atoms with Crippen LogP contribution in [0.3, 0.4) is 0 Å². The highest BCUT2D eigenvalue weighted by atomic mass is 16.5. The average molecular weight is 284 g/mol. The lowest BCUT2D eigenvalue weighted by atomic mass is 9.88. The third-order valence-electron chi connectivity index (χ3n) is 3.16. The van der Waals surface area contributed by atoms with Gasteiger partial charge in [-0.25, -0.2) is 0 Å². The Morgan fingerprint density at radius 2 is 1.35 bits per heavy atom. The van der Waals surface area contributed by atoms with E-state index in [9.17, 15) is 9.59 Å². The Kier molecular flexibility index (Phi) is 8.07. The number of ketones is 1. The second-order valence-electron chi connectivity index (χ2n) is 7.54. The van der Waals surface area contributed by atoms with Gasteiger partial charge in [-0.1, -0.05) is 48.5 Å². The van der Waals surface area contributed by atoms with Crippen molar-refractivity contribution in [1.29, 1.82) is 0 Å². The van der Waals surface area contributed by atoms with Gasteiger partial charge in [0.2, 0.25) is 0 Å². The normalized spacial score (nSPS) is 12.3. The number of hydrogen-bond acceptors (Lipinski definition) is 3. The highest BCUT2D eigenvalue weighted by molar-refractivity contribution is 5.86. The molecule has 0 saturated heterocycles. The summed E-state index contributed by atoms with van der Waals surface area (Å²) in [5, 5.41) is 0. The van der Waals surface area contributed by atoms with Gasteiger partial charge in [0, 0.05) is 11.8 Å². The zero-order valence-corrected chi connectivity index (χ0v) is 14.3. The number of Topliss-reactive ketones (excluding diaryl/α,β-unsaturated/α-hetero) is 1. The summed E-state index contributed by atoms with van der Waals surface area (Å²) in [7, 11) is 0. The van der Waals surface area contributed by atoms with Crippen LogP contribution in [-0.4, -0.2) is 17.9 Å². The summed E-state index contributed by atoms with van der Waals surface area (Å²) in [4.78, 5) is 23.7. The van der Waals surface area contributed by atoms with Gasteiger partial charge in [-0.3, -0.25) is 9.59 Å². The van der Waals surface area contributed by atoms with E-state index in [2.05, 4.69) is 27.7 Å². The van der Waals surface area contributed by atoms with Crippen molar-refractivity contribution in [3.63, 3.8) is 0 Å². The van der Waals surface area contributed by atoms with Gasteiger partial charge >= 0.3 is 5.97 Å². The van der Waals surface area contributed by atoms with Crippen molar-refractivity contribution >= 4 is 11.8 Å². The van der Waals surface area contributed by atoms with E-state index in [4.69, 9.17) is 4.74 Å². The van der Waals surface area contributed by atoms with Crippen LogP contribution in [0.15, 0.2) is 0 Å². The lowest BCUT2D eigenvalue weighted by molar-refractivity contribution is -0.151. The molecule has 0 atom stereocenters. The Balaban J connectivity index is 4.28. The predicted octanol–water partition coefficient (Wildman–Crippen LogP) is 4.39. The number of carbonyl (C=O) groups is 2. The molecule has 20 heavy (non-hydrogen) atoms. The fraction of sp³-hybridized carbons (Fsp3) is 0.882. The van der Waals surface area contributed by atoms with Gasteiger partial charge < -0.3 is 4.74 Å². The minimum atomic E-state index is -0.379. The highest BCUT2D eigenvalue weighted by Crippen LogP contribution is 2.20. The lowest BCUT2D eigenvalue weighted by Gasteiger charge is -2.22. The molecule has 0 bridgehead atoms. The molecule has 0 aliphatic heterocycles. The van der Waals surface area contributed by atoms with Gasteiger partial charge in [0.25, 0.3) is 0 Å². The van der Waals surface area contributed by atoms with E-state index in [-0.39, 0.29) is 36.1 Å². The van der Waals surface area contributed by atoms with Crippen molar-refractivity contribution in [1.82, 2.24) is 0 Å². The number of carbonyl (C=O) groups excluding carboxylic acids is 2. The van der Waals surface area contributed by atoms with Crippen LogP contribution < -0.4 is 0 Å². The van der Waals surface area contributed by atoms with E-state index in [1.165, 1.54) is 0 Å². The molecule has 0 amide bonds. The van der Waals surface area contributed by atoms with Crippen LogP contribution >= 0.6 is 0 Å². The third-order valence-corrected chi connectivity index (χ3v) is 3.16. The standard InChI is InChI=1S/C17H32O3/c1-12(2)10-14(11-13(3)4)20-16(19)9-8-15(18)17(5,6)7/h12-14H,8-11H2,1-7H3. The Morgan fingerprint density at radius 1 is 0.900 bits per heavy atom. The van der Waals surface area contributed by atoms with Crippen LogP contribution in [-0.2, 0) is 14.3 Å².